The summed E-state index contributed by atoms with van der Waals surface area (Å²) in [5.41, 5.74) is 0.494. The fraction of sp³-hybridized carbons (Fsp3) is 0.550. The number of aryl methyl sites for hydroxylation is 2. The van der Waals surface area contributed by atoms with Gasteiger partial charge in [-0.2, -0.15) is 5.10 Å². The Balaban J connectivity index is 1.44. The van der Waals surface area contributed by atoms with Crippen LogP contribution in [-0.2, 0) is 17.8 Å². The Morgan fingerprint density at radius 2 is 2.19 bits per heavy atom. The molecule has 6 nitrogen and oxygen atoms in total. The fourth-order valence-electron chi connectivity index (χ4n) is 3.51. The number of nitrogens with zero attached hydrogens (tertiary/aromatic N) is 3. The van der Waals surface area contributed by atoms with Crippen molar-refractivity contribution in [3.05, 3.63) is 39.8 Å². The molecule has 1 aliphatic rings. The molecule has 1 fully saturated rings. The first-order valence-electron chi connectivity index (χ1n) is 9.70. The van der Waals surface area contributed by atoms with Gasteiger partial charge in [-0.3, -0.25) is 14.3 Å². The van der Waals surface area contributed by atoms with Crippen molar-refractivity contribution in [2.75, 3.05) is 19.6 Å². The molecule has 0 aliphatic carbocycles. The summed E-state index contributed by atoms with van der Waals surface area (Å²) in [5, 5.41) is 7.33. The van der Waals surface area contributed by atoms with Gasteiger partial charge < -0.3 is 10.2 Å². The highest BCUT2D eigenvalue weighted by molar-refractivity contribution is 7.11. The SMILES string of the molecule is CCn1ccc(C(=O)N2CCC[C@H](CC(=O)NCCc3ccc(C)s3)C2)n1. The number of carbonyl (C=O) groups is 2. The molecule has 27 heavy (non-hydrogen) atoms. The van der Waals surface area contributed by atoms with Crippen molar-refractivity contribution >= 4 is 23.2 Å². The van der Waals surface area contributed by atoms with Gasteiger partial charge >= 0.3 is 0 Å². The molecule has 3 rings (SSSR count). The molecule has 0 spiro atoms. The van der Waals surface area contributed by atoms with Crippen LogP contribution in [-0.4, -0.2) is 46.1 Å². The lowest BCUT2D eigenvalue weighted by Gasteiger charge is -2.32. The van der Waals surface area contributed by atoms with Gasteiger partial charge in [0, 0.05) is 48.6 Å². The summed E-state index contributed by atoms with van der Waals surface area (Å²) in [6.45, 7) is 6.89. The van der Waals surface area contributed by atoms with E-state index in [1.165, 1.54) is 9.75 Å². The zero-order valence-electron chi connectivity index (χ0n) is 16.1. The third-order valence-electron chi connectivity index (χ3n) is 4.95. The van der Waals surface area contributed by atoms with Crippen molar-refractivity contribution in [1.82, 2.24) is 20.0 Å². The van der Waals surface area contributed by atoms with E-state index in [0.29, 0.717) is 25.2 Å². The second-order valence-corrected chi connectivity index (χ2v) is 8.50. The highest BCUT2D eigenvalue weighted by Gasteiger charge is 2.27. The maximum Gasteiger partial charge on any atom is 0.274 e. The van der Waals surface area contributed by atoms with Gasteiger partial charge in [-0.05, 0) is 57.2 Å². The third-order valence-corrected chi connectivity index (χ3v) is 6.01. The van der Waals surface area contributed by atoms with E-state index in [1.807, 2.05) is 18.0 Å². The first kappa shape index (κ1) is 19.6. The number of piperidine rings is 1. The van der Waals surface area contributed by atoms with Gasteiger partial charge in [-0.15, -0.1) is 11.3 Å². The molecular weight excluding hydrogens is 360 g/mol. The minimum atomic E-state index is -0.0274. The molecule has 3 heterocycles. The molecule has 0 aromatic carbocycles. The molecule has 1 aliphatic heterocycles. The number of hydrogen-bond acceptors (Lipinski definition) is 4. The number of hydrogen-bond donors (Lipinski definition) is 1. The van der Waals surface area contributed by atoms with Gasteiger partial charge in [0.2, 0.25) is 5.91 Å². The zero-order chi connectivity index (χ0) is 19.2. The standard InChI is InChI=1S/C20H28N4O2S/c1-3-24-12-9-18(22-24)20(26)23-11-4-5-16(14-23)13-19(25)21-10-8-17-7-6-15(2)27-17/h6-7,9,12,16H,3-5,8,10-11,13-14H2,1-2H3,(H,21,25)/t16-/m1/s1. The van der Waals surface area contributed by atoms with E-state index < -0.39 is 0 Å². The summed E-state index contributed by atoms with van der Waals surface area (Å²) in [6, 6.07) is 6.00. The maximum atomic E-state index is 12.6. The van der Waals surface area contributed by atoms with Gasteiger partial charge in [0.25, 0.3) is 5.91 Å². The van der Waals surface area contributed by atoms with Crippen molar-refractivity contribution in [3.8, 4) is 0 Å². The molecule has 0 saturated carbocycles. The van der Waals surface area contributed by atoms with Crippen LogP contribution in [0.15, 0.2) is 24.4 Å². The molecule has 2 amide bonds. The lowest BCUT2D eigenvalue weighted by atomic mass is 9.94. The number of rotatable bonds is 7. The summed E-state index contributed by atoms with van der Waals surface area (Å²) in [6.07, 6.45) is 5.12. The minimum Gasteiger partial charge on any atom is -0.356 e. The molecular formula is C20H28N4O2S. The first-order chi connectivity index (χ1) is 13.0. The monoisotopic (exact) mass is 388 g/mol. The van der Waals surface area contributed by atoms with Gasteiger partial charge in [0.1, 0.15) is 5.69 Å². The average Bonchev–Trinajstić information content (AvgIpc) is 3.30. The highest BCUT2D eigenvalue weighted by Crippen LogP contribution is 2.21. The summed E-state index contributed by atoms with van der Waals surface area (Å²) >= 11 is 1.78. The largest absolute Gasteiger partial charge is 0.356 e. The van der Waals surface area contributed by atoms with Crippen LogP contribution in [0.4, 0.5) is 0 Å². The van der Waals surface area contributed by atoms with Crippen molar-refractivity contribution < 1.29 is 9.59 Å². The van der Waals surface area contributed by atoms with Crippen molar-refractivity contribution in [2.24, 2.45) is 5.92 Å². The highest BCUT2D eigenvalue weighted by atomic mass is 32.1. The molecule has 2 aromatic rings. The Hall–Kier alpha value is -2.15. The predicted molar refractivity (Wildman–Crippen MR) is 107 cm³/mol. The normalized spacial score (nSPS) is 17.1. The first-order valence-corrected chi connectivity index (χ1v) is 10.5. The summed E-state index contributed by atoms with van der Waals surface area (Å²) < 4.78 is 1.76. The number of amides is 2. The summed E-state index contributed by atoms with van der Waals surface area (Å²) in [4.78, 5) is 29.4. The van der Waals surface area contributed by atoms with Crippen LogP contribution < -0.4 is 5.32 Å². The fourth-order valence-corrected chi connectivity index (χ4v) is 4.40. The Labute approximate surface area is 164 Å². The summed E-state index contributed by atoms with van der Waals surface area (Å²) in [5.74, 6) is 0.276. The van der Waals surface area contributed by atoms with Crippen LogP contribution in [0.3, 0.4) is 0 Å². The van der Waals surface area contributed by atoms with Gasteiger partial charge in [0.15, 0.2) is 0 Å². The Kier molecular flexibility index (Phi) is 6.66. The van der Waals surface area contributed by atoms with Gasteiger partial charge in [-0.25, -0.2) is 0 Å². The van der Waals surface area contributed by atoms with Crippen molar-refractivity contribution in [2.45, 2.75) is 46.1 Å². The number of carbonyl (C=O) groups excluding carboxylic acids is 2. The molecule has 0 unspecified atom stereocenters. The van der Waals surface area contributed by atoms with E-state index in [9.17, 15) is 9.59 Å². The molecule has 0 bridgehead atoms. The molecule has 146 valence electrons. The smallest absolute Gasteiger partial charge is 0.274 e. The molecule has 7 heteroatoms. The molecule has 1 saturated heterocycles. The van der Waals surface area contributed by atoms with E-state index in [0.717, 1.165) is 32.4 Å². The van der Waals surface area contributed by atoms with Crippen LogP contribution in [0, 0.1) is 12.8 Å². The van der Waals surface area contributed by atoms with Crippen molar-refractivity contribution in [3.63, 3.8) is 0 Å². The van der Waals surface area contributed by atoms with E-state index in [-0.39, 0.29) is 17.7 Å². The number of thiophene rings is 1. The van der Waals surface area contributed by atoms with Gasteiger partial charge in [0.05, 0.1) is 0 Å². The second kappa shape index (κ2) is 9.17. The molecule has 1 N–H and O–H groups in total. The molecule has 1 atom stereocenters. The molecule has 2 aromatic heterocycles. The van der Waals surface area contributed by atoms with E-state index in [1.54, 1.807) is 22.1 Å². The Bertz CT molecular complexity index is 783. The molecule has 0 radical (unpaired) electrons. The van der Waals surface area contributed by atoms with Crippen LogP contribution >= 0.6 is 11.3 Å². The lowest BCUT2D eigenvalue weighted by Crippen LogP contribution is -2.41. The Morgan fingerprint density at radius 3 is 2.89 bits per heavy atom. The van der Waals surface area contributed by atoms with Crippen LogP contribution in [0.1, 0.15) is 46.4 Å². The predicted octanol–water partition coefficient (Wildman–Crippen LogP) is 2.87. The number of nitrogens with one attached hydrogen (secondary N) is 1. The minimum absolute atomic E-state index is 0.0274. The van der Waals surface area contributed by atoms with E-state index in [4.69, 9.17) is 0 Å². The maximum absolute atomic E-state index is 12.6. The quantitative estimate of drug-likeness (QED) is 0.793. The third kappa shape index (κ3) is 5.42. The number of aromatic nitrogens is 2. The number of likely N-dealkylation sites (tertiary alicyclic amines) is 1. The second-order valence-electron chi connectivity index (χ2n) is 7.13. The van der Waals surface area contributed by atoms with Gasteiger partial charge in [-0.1, -0.05) is 0 Å². The van der Waals surface area contributed by atoms with Crippen molar-refractivity contribution in [1.29, 1.82) is 0 Å². The van der Waals surface area contributed by atoms with E-state index in [2.05, 4.69) is 29.5 Å². The summed E-state index contributed by atoms with van der Waals surface area (Å²) in [7, 11) is 0. The lowest BCUT2D eigenvalue weighted by molar-refractivity contribution is -0.122. The van der Waals surface area contributed by atoms with Crippen LogP contribution in [0.2, 0.25) is 0 Å². The zero-order valence-corrected chi connectivity index (χ0v) is 16.9. The topological polar surface area (TPSA) is 67.2 Å². The van der Waals surface area contributed by atoms with E-state index >= 15 is 0 Å². The van der Waals surface area contributed by atoms with Crippen LogP contribution in [0.5, 0.6) is 0 Å². The average molecular weight is 389 g/mol. The Morgan fingerprint density at radius 1 is 1.33 bits per heavy atom. The van der Waals surface area contributed by atoms with Crippen LogP contribution in [0.25, 0.3) is 0 Å².